The van der Waals surface area contributed by atoms with Gasteiger partial charge in [-0.3, -0.25) is 4.79 Å². The van der Waals surface area contributed by atoms with E-state index in [1.165, 1.54) is 0 Å². The Hall–Kier alpha value is -1.67. The van der Waals surface area contributed by atoms with E-state index < -0.39 is 0 Å². The third-order valence-electron chi connectivity index (χ3n) is 2.38. The summed E-state index contributed by atoms with van der Waals surface area (Å²) in [7, 11) is 0. The van der Waals surface area contributed by atoms with Gasteiger partial charge in [0.15, 0.2) is 5.78 Å². The van der Waals surface area contributed by atoms with Crippen LogP contribution in [0.4, 0.5) is 0 Å². The van der Waals surface area contributed by atoms with Crippen LogP contribution >= 0.6 is 15.9 Å². The summed E-state index contributed by atoms with van der Waals surface area (Å²) in [5.41, 5.74) is 1.70. The average molecular weight is 287 g/mol. The minimum atomic E-state index is 0.0151. The summed E-state index contributed by atoms with van der Waals surface area (Å²) in [6.07, 6.45) is 3.41. The smallest absolute Gasteiger partial charge is 0.185 e. The van der Waals surface area contributed by atoms with Gasteiger partial charge in [-0.1, -0.05) is 64.5 Å². The summed E-state index contributed by atoms with van der Waals surface area (Å²) < 4.78 is 0.983. The van der Waals surface area contributed by atoms with Crippen molar-refractivity contribution in [2.45, 2.75) is 0 Å². The summed E-state index contributed by atoms with van der Waals surface area (Å²) in [6.45, 7) is 0. The molecular formula is C15H11BrO. The van der Waals surface area contributed by atoms with Gasteiger partial charge in [-0.05, 0) is 23.8 Å². The Bertz CT molecular complexity index is 544. The van der Waals surface area contributed by atoms with Crippen molar-refractivity contribution in [3.63, 3.8) is 0 Å². The SMILES string of the molecule is O=C(/C=C\c1ccccc1Br)c1ccccc1. The molecule has 0 radical (unpaired) electrons. The van der Waals surface area contributed by atoms with Crippen LogP contribution in [0.2, 0.25) is 0 Å². The zero-order valence-electron chi connectivity index (χ0n) is 9.14. The predicted octanol–water partition coefficient (Wildman–Crippen LogP) is 4.35. The van der Waals surface area contributed by atoms with Crippen LogP contribution in [0.15, 0.2) is 65.1 Å². The maximum atomic E-state index is 11.8. The molecule has 0 saturated carbocycles. The van der Waals surface area contributed by atoms with E-state index in [0.29, 0.717) is 5.56 Å². The molecule has 2 heteroatoms. The van der Waals surface area contributed by atoms with E-state index in [-0.39, 0.29) is 5.78 Å². The zero-order valence-corrected chi connectivity index (χ0v) is 10.7. The first-order valence-electron chi connectivity index (χ1n) is 5.29. The van der Waals surface area contributed by atoms with Crippen molar-refractivity contribution in [2.75, 3.05) is 0 Å². The molecule has 0 fully saturated rings. The lowest BCUT2D eigenvalue weighted by Gasteiger charge is -1.97. The molecule has 1 nitrogen and oxygen atoms in total. The van der Waals surface area contributed by atoms with Crippen molar-refractivity contribution in [2.24, 2.45) is 0 Å². The molecule has 0 heterocycles. The minimum absolute atomic E-state index is 0.0151. The Kier molecular flexibility index (Phi) is 3.89. The molecule has 17 heavy (non-hydrogen) atoms. The maximum absolute atomic E-state index is 11.8. The summed E-state index contributed by atoms with van der Waals surface area (Å²) in [6, 6.07) is 17.0. The van der Waals surface area contributed by atoms with Gasteiger partial charge in [0.2, 0.25) is 0 Å². The van der Waals surface area contributed by atoms with Crippen molar-refractivity contribution in [3.05, 3.63) is 76.3 Å². The van der Waals surface area contributed by atoms with E-state index in [9.17, 15) is 4.79 Å². The van der Waals surface area contributed by atoms with Gasteiger partial charge in [-0.15, -0.1) is 0 Å². The lowest BCUT2D eigenvalue weighted by Crippen LogP contribution is -1.92. The first kappa shape index (κ1) is 11.8. The number of hydrogen-bond donors (Lipinski definition) is 0. The van der Waals surface area contributed by atoms with Gasteiger partial charge in [0, 0.05) is 10.0 Å². The van der Waals surface area contributed by atoms with Gasteiger partial charge in [-0.25, -0.2) is 0 Å². The molecular weight excluding hydrogens is 276 g/mol. The largest absolute Gasteiger partial charge is 0.289 e. The molecule has 84 valence electrons. The van der Waals surface area contributed by atoms with Gasteiger partial charge in [0.1, 0.15) is 0 Å². The molecule has 2 aromatic rings. The summed E-state index contributed by atoms with van der Waals surface area (Å²) >= 11 is 3.44. The summed E-state index contributed by atoms with van der Waals surface area (Å²) in [5, 5.41) is 0. The second-order valence-corrected chi connectivity index (χ2v) is 4.44. The Balaban J connectivity index is 2.17. The standard InChI is InChI=1S/C15H11BrO/c16-14-9-5-4-6-12(14)10-11-15(17)13-7-2-1-3-8-13/h1-11H/b11-10-. The number of benzene rings is 2. The number of ketones is 1. The number of hydrogen-bond acceptors (Lipinski definition) is 1. The molecule has 2 aromatic carbocycles. The molecule has 2 rings (SSSR count). The first-order chi connectivity index (χ1) is 8.27. The van der Waals surface area contributed by atoms with Gasteiger partial charge in [-0.2, -0.15) is 0 Å². The second kappa shape index (κ2) is 5.60. The van der Waals surface area contributed by atoms with Crippen LogP contribution in [0.1, 0.15) is 15.9 Å². The van der Waals surface area contributed by atoms with Crippen LogP contribution in [-0.4, -0.2) is 5.78 Å². The molecule has 0 N–H and O–H groups in total. The number of carbonyl (C=O) groups excluding carboxylic acids is 1. The van der Waals surface area contributed by atoms with E-state index in [2.05, 4.69) is 15.9 Å². The molecule has 0 unspecified atom stereocenters. The van der Waals surface area contributed by atoms with Gasteiger partial charge in [0.05, 0.1) is 0 Å². The summed E-state index contributed by atoms with van der Waals surface area (Å²) in [4.78, 5) is 11.8. The molecule has 0 aliphatic heterocycles. The highest BCUT2D eigenvalue weighted by molar-refractivity contribution is 9.10. The molecule has 0 aromatic heterocycles. The molecule has 0 saturated heterocycles. The van der Waals surface area contributed by atoms with Gasteiger partial charge in [0.25, 0.3) is 0 Å². The number of carbonyl (C=O) groups is 1. The number of allylic oxidation sites excluding steroid dienone is 1. The summed E-state index contributed by atoms with van der Waals surface area (Å²) in [5.74, 6) is 0.0151. The quantitative estimate of drug-likeness (QED) is 0.606. The highest BCUT2D eigenvalue weighted by Gasteiger charge is 2.00. The number of halogens is 1. The highest BCUT2D eigenvalue weighted by atomic mass is 79.9. The predicted molar refractivity (Wildman–Crippen MR) is 73.9 cm³/mol. The zero-order chi connectivity index (χ0) is 12.1. The number of rotatable bonds is 3. The fourth-order valence-corrected chi connectivity index (χ4v) is 1.89. The lowest BCUT2D eigenvalue weighted by atomic mass is 10.1. The first-order valence-corrected chi connectivity index (χ1v) is 6.08. The monoisotopic (exact) mass is 286 g/mol. The topological polar surface area (TPSA) is 17.1 Å². The van der Waals surface area contributed by atoms with Gasteiger partial charge < -0.3 is 0 Å². The van der Waals surface area contributed by atoms with E-state index in [4.69, 9.17) is 0 Å². The van der Waals surface area contributed by atoms with Crippen molar-refractivity contribution >= 4 is 27.8 Å². The van der Waals surface area contributed by atoms with Crippen LogP contribution < -0.4 is 0 Å². The molecule has 0 spiro atoms. The van der Waals surface area contributed by atoms with Crippen LogP contribution in [0.25, 0.3) is 6.08 Å². The average Bonchev–Trinajstić information content (AvgIpc) is 2.38. The fraction of sp³-hybridized carbons (Fsp3) is 0. The lowest BCUT2D eigenvalue weighted by molar-refractivity contribution is 0.104. The van der Waals surface area contributed by atoms with E-state index >= 15 is 0 Å². The molecule has 0 bridgehead atoms. The maximum Gasteiger partial charge on any atom is 0.185 e. The van der Waals surface area contributed by atoms with Crippen LogP contribution in [-0.2, 0) is 0 Å². The normalized spacial score (nSPS) is 10.6. The second-order valence-electron chi connectivity index (χ2n) is 3.59. The van der Waals surface area contributed by atoms with Crippen molar-refractivity contribution in [1.29, 1.82) is 0 Å². The van der Waals surface area contributed by atoms with Gasteiger partial charge >= 0.3 is 0 Å². The third-order valence-corrected chi connectivity index (χ3v) is 3.10. The van der Waals surface area contributed by atoms with E-state index in [0.717, 1.165) is 10.0 Å². The van der Waals surface area contributed by atoms with Crippen molar-refractivity contribution in [3.8, 4) is 0 Å². The van der Waals surface area contributed by atoms with Crippen molar-refractivity contribution < 1.29 is 4.79 Å². The Morgan fingerprint density at radius 1 is 0.941 bits per heavy atom. The van der Waals surface area contributed by atoms with Crippen molar-refractivity contribution in [1.82, 2.24) is 0 Å². The fourth-order valence-electron chi connectivity index (χ4n) is 1.47. The van der Waals surface area contributed by atoms with Crippen LogP contribution in [0, 0.1) is 0 Å². The van der Waals surface area contributed by atoms with Crippen LogP contribution in [0.3, 0.4) is 0 Å². The molecule has 0 atom stereocenters. The Morgan fingerprint density at radius 3 is 2.29 bits per heavy atom. The Morgan fingerprint density at radius 2 is 1.59 bits per heavy atom. The van der Waals surface area contributed by atoms with E-state index in [1.54, 1.807) is 6.08 Å². The van der Waals surface area contributed by atoms with E-state index in [1.807, 2.05) is 60.7 Å². The third kappa shape index (κ3) is 3.14. The molecule has 0 aliphatic carbocycles. The molecule has 0 amide bonds. The highest BCUT2D eigenvalue weighted by Crippen LogP contribution is 2.17. The van der Waals surface area contributed by atoms with Crippen LogP contribution in [0.5, 0.6) is 0 Å². The minimum Gasteiger partial charge on any atom is -0.289 e. The Labute approximate surface area is 109 Å². The molecule has 0 aliphatic rings.